The van der Waals surface area contributed by atoms with E-state index in [2.05, 4.69) is 10.6 Å². The van der Waals surface area contributed by atoms with E-state index in [0.29, 0.717) is 22.5 Å². The number of carbonyl (C=O) groups is 1. The van der Waals surface area contributed by atoms with Crippen molar-refractivity contribution in [2.45, 2.75) is 30.6 Å². The molecule has 3 aromatic carbocycles. The third-order valence-corrected chi connectivity index (χ3v) is 6.51. The summed E-state index contributed by atoms with van der Waals surface area (Å²) in [7, 11) is -3.96. The molecule has 0 aromatic heterocycles. The van der Waals surface area contributed by atoms with Crippen LogP contribution in [0.15, 0.2) is 70.5 Å². The Labute approximate surface area is 170 Å². The van der Waals surface area contributed by atoms with Gasteiger partial charge in [-0.05, 0) is 62.2 Å². The van der Waals surface area contributed by atoms with Crippen molar-refractivity contribution in [3.63, 3.8) is 0 Å². The van der Waals surface area contributed by atoms with Crippen LogP contribution in [0.2, 0.25) is 0 Å². The third kappa shape index (κ3) is 4.25. The summed E-state index contributed by atoms with van der Waals surface area (Å²) in [6.07, 6.45) is 0. The molecular weight excluding hydrogens is 388 g/mol. The summed E-state index contributed by atoms with van der Waals surface area (Å²) in [6, 6.07) is 16.0. The molecule has 150 valence electrons. The SMILES string of the molecule is Cc1ccc(S(=O)(=O)c2cc(NC(=O)Nc3ccccc3)c(C)c(C)c2O)cc1. The lowest BCUT2D eigenvalue weighted by Crippen LogP contribution is -2.20. The Bertz CT molecular complexity index is 1160. The minimum absolute atomic E-state index is 0.0707. The third-order valence-electron chi connectivity index (χ3n) is 4.73. The quantitative estimate of drug-likeness (QED) is 0.539. The number of phenols is 1. The van der Waals surface area contributed by atoms with Gasteiger partial charge < -0.3 is 15.7 Å². The molecule has 0 aliphatic rings. The molecule has 0 saturated heterocycles. The molecule has 0 spiro atoms. The molecule has 6 nitrogen and oxygen atoms in total. The number of para-hydroxylation sites is 1. The second-order valence-electron chi connectivity index (χ2n) is 6.78. The Kier molecular flexibility index (Phi) is 5.61. The lowest BCUT2D eigenvalue weighted by Gasteiger charge is -2.16. The van der Waals surface area contributed by atoms with Gasteiger partial charge in [0.05, 0.1) is 4.90 Å². The first-order valence-corrected chi connectivity index (χ1v) is 10.5. The molecule has 0 fully saturated rings. The van der Waals surface area contributed by atoms with E-state index >= 15 is 0 Å². The fourth-order valence-electron chi connectivity index (χ4n) is 2.86. The molecule has 3 rings (SSSR count). The minimum Gasteiger partial charge on any atom is -0.506 e. The molecule has 0 heterocycles. The maximum atomic E-state index is 13.1. The Balaban J connectivity index is 1.99. The number of aryl methyl sites for hydroxylation is 1. The average molecular weight is 410 g/mol. The number of nitrogens with one attached hydrogen (secondary N) is 2. The van der Waals surface area contributed by atoms with Gasteiger partial charge in [-0.15, -0.1) is 0 Å². The largest absolute Gasteiger partial charge is 0.506 e. The van der Waals surface area contributed by atoms with Crippen LogP contribution in [-0.2, 0) is 9.84 Å². The first-order chi connectivity index (χ1) is 13.7. The first kappa shape index (κ1) is 20.4. The van der Waals surface area contributed by atoms with E-state index in [-0.39, 0.29) is 15.5 Å². The fourth-order valence-corrected chi connectivity index (χ4v) is 4.29. The summed E-state index contributed by atoms with van der Waals surface area (Å²) in [5, 5.41) is 15.9. The first-order valence-electron chi connectivity index (χ1n) is 8.98. The van der Waals surface area contributed by atoms with Crippen LogP contribution in [-0.4, -0.2) is 19.6 Å². The molecule has 3 aromatic rings. The van der Waals surface area contributed by atoms with Crippen LogP contribution in [0.3, 0.4) is 0 Å². The molecular formula is C22H22N2O4S. The van der Waals surface area contributed by atoms with Crippen molar-refractivity contribution in [1.82, 2.24) is 0 Å². The molecule has 0 unspecified atom stereocenters. The second-order valence-corrected chi connectivity index (χ2v) is 8.70. The average Bonchev–Trinajstić information content (AvgIpc) is 2.69. The molecule has 7 heteroatoms. The number of sulfone groups is 1. The van der Waals surface area contributed by atoms with E-state index < -0.39 is 15.9 Å². The molecule has 0 radical (unpaired) electrons. The van der Waals surface area contributed by atoms with Gasteiger partial charge in [0.15, 0.2) is 0 Å². The number of hydrogen-bond donors (Lipinski definition) is 3. The smallest absolute Gasteiger partial charge is 0.323 e. The predicted molar refractivity (Wildman–Crippen MR) is 113 cm³/mol. The number of phenolic OH excluding ortho intramolecular Hbond substituents is 1. The maximum Gasteiger partial charge on any atom is 0.323 e. The zero-order valence-corrected chi connectivity index (χ0v) is 17.2. The van der Waals surface area contributed by atoms with E-state index in [1.807, 2.05) is 13.0 Å². The highest BCUT2D eigenvalue weighted by Crippen LogP contribution is 2.37. The highest BCUT2D eigenvalue weighted by Gasteiger charge is 2.25. The summed E-state index contributed by atoms with van der Waals surface area (Å²) in [5.41, 5.74) is 2.79. The van der Waals surface area contributed by atoms with Crippen LogP contribution in [0.1, 0.15) is 16.7 Å². The zero-order valence-electron chi connectivity index (χ0n) is 16.4. The van der Waals surface area contributed by atoms with Gasteiger partial charge in [-0.2, -0.15) is 0 Å². The fraction of sp³-hybridized carbons (Fsp3) is 0.136. The molecule has 29 heavy (non-hydrogen) atoms. The standard InChI is InChI=1S/C22H22N2O4S/c1-14-9-11-18(12-10-14)29(27,28)20-13-19(15(2)16(3)21(20)25)24-22(26)23-17-7-5-4-6-8-17/h4-13,25H,1-3H3,(H2,23,24,26). The number of hydrogen-bond acceptors (Lipinski definition) is 4. The van der Waals surface area contributed by atoms with Crippen LogP contribution < -0.4 is 10.6 Å². The van der Waals surface area contributed by atoms with Crippen molar-refractivity contribution in [3.05, 3.63) is 77.4 Å². The molecule has 0 saturated carbocycles. The van der Waals surface area contributed by atoms with Crippen molar-refractivity contribution < 1.29 is 18.3 Å². The monoisotopic (exact) mass is 410 g/mol. The maximum absolute atomic E-state index is 13.1. The van der Waals surface area contributed by atoms with Gasteiger partial charge in [0.25, 0.3) is 0 Å². The summed E-state index contributed by atoms with van der Waals surface area (Å²) >= 11 is 0. The van der Waals surface area contributed by atoms with Crippen LogP contribution in [0.4, 0.5) is 16.2 Å². The van der Waals surface area contributed by atoms with Crippen LogP contribution in [0.25, 0.3) is 0 Å². The normalized spacial score (nSPS) is 11.1. The zero-order chi connectivity index (χ0) is 21.2. The Morgan fingerprint density at radius 3 is 2.10 bits per heavy atom. The summed E-state index contributed by atoms with van der Waals surface area (Å²) in [5.74, 6) is -0.322. The molecule has 0 aliphatic carbocycles. The second kappa shape index (κ2) is 7.97. The molecule has 0 aliphatic heterocycles. The lowest BCUT2D eigenvalue weighted by molar-refractivity contribution is 0.262. The number of benzene rings is 3. The number of carbonyl (C=O) groups excluding carboxylic acids is 1. The summed E-state index contributed by atoms with van der Waals surface area (Å²) < 4.78 is 26.1. The van der Waals surface area contributed by atoms with Crippen LogP contribution >= 0.6 is 0 Å². The number of amides is 2. The van der Waals surface area contributed by atoms with E-state index in [9.17, 15) is 18.3 Å². The lowest BCUT2D eigenvalue weighted by atomic mass is 10.1. The highest BCUT2D eigenvalue weighted by molar-refractivity contribution is 7.91. The number of urea groups is 1. The molecule has 0 bridgehead atoms. The Hall–Kier alpha value is -3.32. The topological polar surface area (TPSA) is 95.5 Å². The highest BCUT2D eigenvalue weighted by atomic mass is 32.2. The summed E-state index contributed by atoms with van der Waals surface area (Å²) in [4.78, 5) is 12.2. The Morgan fingerprint density at radius 1 is 0.862 bits per heavy atom. The molecule has 3 N–H and O–H groups in total. The van der Waals surface area contributed by atoms with E-state index in [0.717, 1.165) is 5.56 Å². The van der Waals surface area contributed by atoms with Crippen molar-refractivity contribution in [1.29, 1.82) is 0 Å². The molecule has 2 amide bonds. The van der Waals surface area contributed by atoms with Gasteiger partial charge in [-0.3, -0.25) is 0 Å². The van der Waals surface area contributed by atoms with Gasteiger partial charge in [0.1, 0.15) is 10.6 Å². The van der Waals surface area contributed by atoms with E-state index in [1.54, 1.807) is 50.2 Å². The number of aromatic hydroxyl groups is 1. The van der Waals surface area contributed by atoms with Gasteiger partial charge in [0, 0.05) is 11.4 Å². The predicted octanol–water partition coefficient (Wildman–Crippen LogP) is 4.79. The minimum atomic E-state index is -3.96. The van der Waals surface area contributed by atoms with Crippen LogP contribution in [0.5, 0.6) is 5.75 Å². The summed E-state index contributed by atoms with van der Waals surface area (Å²) in [6.45, 7) is 5.17. The van der Waals surface area contributed by atoms with Crippen molar-refractivity contribution in [3.8, 4) is 5.75 Å². The molecule has 0 atom stereocenters. The number of anilines is 2. The van der Waals surface area contributed by atoms with Crippen LogP contribution in [0, 0.1) is 20.8 Å². The van der Waals surface area contributed by atoms with E-state index in [4.69, 9.17) is 0 Å². The van der Waals surface area contributed by atoms with Gasteiger partial charge in [-0.1, -0.05) is 35.9 Å². The van der Waals surface area contributed by atoms with Gasteiger partial charge in [0.2, 0.25) is 9.84 Å². The van der Waals surface area contributed by atoms with Gasteiger partial charge in [-0.25, -0.2) is 13.2 Å². The van der Waals surface area contributed by atoms with Gasteiger partial charge >= 0.3 is 6.03 Å². The number of rotatable bonds is 4. The van der Waals surface area contributed by atoms with E-state index in [1.165, 1.54) is 18.2 Å². The van der Waals surface area contributed by atoms with Crippen molar-refractivity contribution in [2.75, 3.05) is 10.6 Å². The Morgan fingerprint density at radius 2 is 1.48 bits per heavy atom. The van der Waals surface area contributed by atoms with Crippen molar-refractivity contribution >= 4 is 27.2 Å². The van der Waals surface area contributed by atoms with Crippen molar-refractivity contribution in [2.24, 2.45) is 0 Å².